The number of aryl methyl sites for hydroxylation is 1. The van der Waals surface area contributed by atoms with Crippen LogP contribution in [-0.4, -0.2) is 47.7 Å². The minimum atomic E-state index is 0.579. The fourth-order valence-corrected chi connectivity index (χ4v) is 3.71. The minimum Gasteiger partial charge on any atom is -0.492 e. The van der Waals surface area contributed by atoms with Crippen molar-refractivity contribution in [3.8, 4) is 5.75 Å². The highest BCUT2D eigenvalue weighted by Crippen LogP contribution is 2.20. The third-order valence-electron chi connectivity index (χ3n) is 5.51. The number of hydrogen-bond donors (Lipinski definition) is 2. The van der Waals surface area contributed by atoms with Crippen molar-refractivity contribution in [1.82, 2.24) is 14.9 Å². The zero-order valence-electron chi connectivity index (χ0n) is 18.2. The molecule has 6 nitrogen and oxygen atoms in total. The number of likely N-dealkylation sites (tertiary alicyclic amines) is 1. The highest BCUT2D eigenvalue weighted by molar-refractivity contribution is 5.57. The maximum Gasteiger partial charge on any atom is 0.229 e. The lowest BCUT2D eigenvalue weighted by molar-refractivity contribution is 0.238. The summed E-state index contributed by atoms with van der Waals surface area (Å²) >= 11 is 0. The molecule has 0 saturated carbocycles. The molecule has 2 heterocycles. The largest absolute Gasteiger partial charge is 0.492 e. The molecule has 0 bridgehead atoms. The first-order chi connectivity index (χ1) is 15.3. The standard InChI is InChI=1S/C25H31N5O/c1-20-19-27-25(29-24(20)26-14-13-21-7-3-2-4-8-21)28-22-9-11-23(12-10-22)31-18-17-30-15-5-6-16-30/h2-4,7-12,19H,5-6,13-18H2,1H3,(H2,26,27,28,29). The second-order valence-electron chi connectivity index (χ2n) is 7.93. The number of rotatable bonds is 10. The summed E-state index contributed by atoms with van der Waals surface area (Å²) < 4.78 is 5.88. The van der Waals surface area contributed by atoms with E-state index < -0.39 is 0 Å². The Hall–Kier alpha value is -3.12. The zero-order chi connectivity index (χ0) is 21.3. The molecule has 1 fully saturated rings. The van der Waals surface area contributed by atoms with E-state index in [9.17, 15) is 0 Å². The number of nitrogens with zero attached hydrogens (tertiary/aromatic N) is 3. The van der Waals surface area contributed by atoms with Gasteiger partial charge in [0.25, 0.3) is 0 Å². The quantitative estimate of drug-likeness (QED) is 0.500. The fourth-order valence-electron chi connectivity index (χ4n) is 3.71. The zero-order valence-corrected chi connectivity index (χ0v) is 18.2. The summed E-state index contributed by atoms with van der Waals surface area (Å²) in [5.41, 5.74) is 3.27. The van der Waals surface area contributed by atoms with Crippen LogP contribution in [0, 0.1) is 6.92 Å². The Labute approximate surface area is 184 Å². The normalized spacial score (nSPS) is 13.8. The van der Waals surface area contributed by atoms with Crippen LogP contribution in [0.2, 0.25) is 0 Å². The Morgan fingerprint density at radius 3 is 2.55 bits per heavy atom. The summed E-state index contributed by atoms with van der Waals surface area (Å²) in [5, 5.41) is 6.71. The highest BCUT2D eigenvalue weighted by atomic mass is 16.5. The van der Waals surface area contributed by atoms with Crippen molar-refractivity contribution < 1.29 is 4.74 Å². The first kappa shape index (κ1) is 21.1. The van der Waals surface area contributed by atoms with E-state index in [0.717, 1.165) is 48.9 Å². The van der Waals surface area contributed by atoms with Gasteiger partial charge in [0.05, 0.1) is 0 Å². The van der Waals surface area contributed by atoms with Crippen LogP contribution >= 0.6 is 0 Å². The molecule has 0 amide bonds. The van der Waals surface area contributed by atoms with Gasteiger partial charge in [-0.15, -0.1) is 0 Å². The number of benzene rings is 2. The lowest BCUT2D eigenvalue weighted by Crippen LogP contribution is -2.25. The highest BCUT2D eigenvalue weighted by Gasteiger charge is 2.10. The first-order valence-electron chi connectivity index (χ1n) is 11.1. The van der Waals surface area contributed by atoms with E-state index in [2.05, 4.69) is 49.8 Å². The maximum atomic E-state index is 5.88. The van der Waals surface area contributed by atoms with Gasteiger partial charge in [-0.25, -0.2) is 4.98 Å². The number of anilines is 3. The van der Waals surface area contributed by atoms with Crippen molar-refractivity contribution in [2.75, 3.05) is 43.4 Å². The van der Waals surface area contributed by atoms with Crippen LogP contribution in [0.3, 0.4) is 0 Å². The molecule has 1 saturated heterocycles. The van der Waals surface area contributed by atoms with Gasteiger partial charge in [-0.1, -0.05) is 30.3 Å². The summed E-state index contributed by atoms with van der Waals surface area (Å²) in [5.74, 6) is 2.32. The van der Waals surface area contributed by atoms with Crippen LogP contribution in [0.25, 0.3) is 0 Å². The van der Waals surface area contributed by atoms with E-state index in [1.807, 2.05) is 43.5 Å². The summed E-state index contributed by atoms with van der Waals surface area (Å²) in [7, 11) is 0. The molecule has 0 radical (unpaired) electrons. The Balaban J connectivity index is 1.27. The maximum absolute atomic E-state index is 5.88. The monoisotopic (exact) mass is 417 g/mol. The van der Waals surface area contributed by atoms with Gasteiger partial charge in [-0.2, -0.15) is 4.98 Å². The summed E-state index contributed by atoms with van der Waals surface area (Å²) in [6, 6.07) is 18.4. The van der Waals surface area contributed by atoms with E-state index in [-0.39, 0.29) is 0 Å². The van der Waals surface area contributed by atoms with Gasteiger partial charge in [0, 0.05) is 30.5 Å². The van der Waals surface area contributed by atoms with Crippen molar-refractivity contribution in [1.29, 1.82) is 0 Å². The Kier molecular flexibility index (Phi) is 7.34. The molecule has 0 spiro atoms. The topological polar surface area (TPSA) is 62.3 Å². The van der Waals surface area contributed by atoms with Crippen LogP contribution in [0.1, 0.15) is 24.0 Å². The van der Waals surface area contributed by atoms with Gasteiger partial charge in [0.2, 0.25) is 5.95 Å². The van der Waals surface area contributed by atoms with Gasteiger partial charge >= 0.3 is 0 Å². The smallest absolute Gasteiger partial charge is 0.229 e. The second kappa shape index (κ2) is 10.8. The van der Waals surface area contributed by atoms with Crippen molar-refractivity contribution in [3.63, 3.8) is 0 Å². The average Bonchev–Trinajstić information content (AvgIpc) is 3.31. The van der Waals surface area contributed by atoms with Crippen LogP contribution in [0.4, 0.5) is 17.5 Å². The predicted molar refractivity (Wildman–Crippen MR) is 126 cm³/mol. The third-order valence-corrected chi connectivity index (χ3v) is 5.51. The van der Waals surface area contributed by atoms with E-state index in [4.69, 9.17) is 4.74 Å². The summed E-state index contributed by atoms with van der Waals surface area (Å²) in [4.78, 5) is 11.5. The van der Waals surface area contributed by atoms with Crippen LogP contribution < -0.4 is 15.4 Å². The number of aromatic nitrogens is 2. The molecular formula is C25H31N5O. The minimum absolute atomic E-state index is 0.579. The summed E-state index contributed by atoms with van der Waals surface area (Å²) in [6.45, 7) is 6.97. The van der Waals surface area contributed by atoms with Gasteiger partial charge < -0.3 is 15.4 Å². The van der Waals surface area contributed by atoms with Crippen molar-refractivity contribution in [2.24, 2.45) is 0 Å². The molecule has 1 aromatic heterocycles. The molecule has 6 heteroatoms. The molecule has 1 aliphatic rings. The molecule has 4 rings (SSSR count). The van der Waals surface area contributed by atoms with Crippen molar-refractivity contribution in [3.05, 3.63) is 71.9 Å². The van der Waals surface area contributed by atoms with E-state index in [1.54, 1.807) is 0 Å². The third kappa shape index (κ3) is 6.43. The fraction of sp³-hybridized carbons (Fsp3) is 0.360. The average molecular weight is 418 g/mol. The van der Waals surface area contributed by atoms with E-state index >= 15 is 0 Å². The SMILES string of the molecule is Cc1cnc(Nc2ccc(OCCN3CCCC3)cc2)nc1NCCc1ccccc1. The predicted octanol–water partition coefficient (Wildman–Crippen LogP) is 4.66. The summed E-state index contributed by atoms with van der Waals surface area (Å²) in [6.07, 6.45) is 5.42. The van der Waals surface area contributed by atoms with Crippen molar-refractivity contribution in [2.45, 2.75) is 26.2 Å². The lowest BCUT2D eigenvalue weighted by Gasteiger charge is -2.15. The molecule has 3 aromatic rings. The Bertz CT molecular complexity index is 940. The molecule has 0 atom stereocenters. The van der Waals surface area contributed by atoms with Crippen LogP contribution in [-0.2, 0) is 6.42 Å². The van der Waals surface area contributed by atoms with Crippen LogP contribution in [0.5, 0.6) is 5.75 Å². The lowest BCUT2D eigenvalue weighted by atomic mass is 10.1. The van der Waals surface area contributed by atoms with Gasteiger partial charge in [0.1, 0.15) is 18.2 Å². The van der Waals surface area contributed by atoms with E-state index in [1.165, 1.54) is 31.5 Å². The molecule has 2 N–H and O–H groups in total. The number of ether oxygens (including phenoxy) is 1. The number of hydrogen-bond acceptors (Lipinski definition) is 6. The van der Waals surface area contributed by atoms with Gasteiger partial charge in [-0.3, -0.25) is 4.90 Å². The molecule has 1 aliphatic heterocycles. The number of nitrogens with one attached hydrogen (secondary N) is 2. The molecule has 0 aliphatic carbocycles. The molecular weight excluding hydrogens is 386 g/mol. The van der Waals surface area contributed by atoms with Crippen LogP contribution in [0.15, 0.2) is 60.8 Å². The molecule has 31 heavy (non-hydrogen) atoms. The molecule has 2 aromatic carbocycles. The van der Waals surface area contributed by atoms with E-state index in [0.29, 0.717) is 5.95 Å². The Morgan fingerprint density at radius 2 is 1.77 bits per heavy atom. The molecule has 162 valence electrons. The van der Waals surface area contributed by atoms with Gasteiger partial charge in [-0.05, 0) is 69.1 Å². The van der Waals surface area contributed by atoms with Gasteiger partial charge in [0.15, 0.2) is 0 Å². The first-order valence-corrected chi connectivity index (χ1v) is 11.1. The molecule has 0 unspecified atom stereocenters. The van der Waals surface area contributed by atoms with Crippen molar-refractivity contribution >= 4 is 17.5 Å². The Morgan fingerprint density at radius 1 is 1.00 bits per heavy atom. The second-order valence-corrected chi connectivity index (χ2v) is 7.93.